The molecule has 3 aliphatic rings. The van der Waals surface area contributed by atoms with Crippen molar-refractivity contribution in [2.24, 2.45) is 0 Å². The number of para-hydroxylation sites is 1. The molecule has 0 bridgehead atoms. The smallest absolute Gasteiger partial charge is 0.254 e. The molecule has 2 amide bonds. The van der Waals surface area contributed by atoms with Gasteiger partial charge in [0, 0.05) is 48.4 Å². The van der Waals surface area contributed by atoms with Crippen LogP contribution in [0.25, 0.3) is 0 Å². The lowest BCUT2D eigenvalue weighted by Crippen LogP contribution is -2.50. The summed E-state index contributed by atoms with van der Waals surface area (Å²) in [5.74, 6) is -0.0884. The zero-order valence-corrected chi connectivity index (χ0v) is 21.9. The largest absolute Gasteiger partial charge is 0.336 e. The van der Waals surface area contributed by atoms with E-state index in [2.05, 4.69) is 0 Å². The van der Waals surface area contributed by atoms with E-state index >= 15 is 0 Å². The lowest BCUT2D eigenvalue weighted by Gasteiger charge is -2.33. The van der Waals surface area contributed by atoms with Crippen molar-refractivity contribution in [2.75, 3.05) is 37.3 Å². The van der Waals surface area contributed by atoms with Crippen LogP contribution < -0.4 is 4.90 Å². The van der Waals surface area contributed by atoms with Crippen molar-refractivity contribution in [3.63, 3.8) is 0 Å². The van der Waals surface area contributed by atoms with Crippen LogP contribution in [0.15, 0.2) is 72.8 Å². The normalized spacial score (nSPS) is 23.4. The number of hydrogen-bond acceptors (Lipinski definition) is 4. The van der Waals surface area contributed by atoms with Crippen LogP contribution in [0, 0.1) is 0 Å². The van der Waals surface area contributed by atoms with Crippen LogP contribution in [0.3, 0.4) is 0 Å². The van der Waals surface area contributed by atoms with Crippen molar-refractivity contribution in [1.29, 1.82) is 0 Å². The Morgan fingerprint density at radius 2 is 1.65 bits per heavy atom. The third-order valence-corrected chi connectivity index (χ3v) is 9.34. The molecular formula is C28H26ClN3O4S. The molecule has 7 nitrogen and oxygen atoms in total. The highest BCUT2D eigenvalue weighted by atomic mass is 35.5. The van der Waals surface area contributed by atoms with Gasteiger partial charge in [-0.1, -0.05) is 48.0 Å². The molecule has 9 heteroatoms. The number of benzene rings is 3. The Balaban J connectivity index is 1.29. The van der Waals surface area contributed by atoms with Crippen LogP contribution in [0.1, 0.15) is 33.8 Å². The minimum Gasteiger partial charge on any atom is -0.336 e. The first-order chi connectivity index (χ1) is 17.7. The van der Waals surface area contributed by atoms with Gasteiger partial charge in [-0.25, -0.2) is 8.42 Å². The van der Waals surface area contributed by atoms with Crippen molar-refractivity contribution in [3.8, 4) is 0 Å². The molecule has 1 saturated carbocycles. The number of piperazine rings is 1. The van der Waals surface area contributed by atoms with Crippen molar-refractivity contribution in [3.05, 3.63) is 94.5 Å². The van der Waals surface area contributed by atoms with Crippen molar-refractivity contribution < 1.29 is 18.0 Å². The van der Waals surface area contributed by atoms with Crippen LogP contribution in [0.4, 0.5) is 11.4 Å². The molecule has 37 heavy (non-hydrogen) atoms. The maximum absolute atomic E-state index is 14.1. The van der Waals surface area contributed by atoms with Crippen molar-refractivity contribution >= 4 is 44.8 Å². The number of anilines is 2. The Labute approximate surface area is 221 Å². The average molecular weight is 536 g/mol. The average Bonchev–Trinajstić information content (AvgIpc) is 3.60. The molecule has 0 unspecified atom stereocenters. The maximum atomic E-state index is 14.1. The molecule has 6 rings (SSSR count). The molecule has 2 heterocycles. The second kappa shape index (κ2) is 8.68. The quantitative estimate of drug-likeness (QED) is 0.502. The van der Waals surface area contributed by atoms with Gasteiger partial charge in [0.2, 0.25) is 15.9 Å². The van der Waals surface area contributed by atoms with E-state index in [-0.39, 0.29) is 30.8 Å². The molecule has 1 aliphatic carbocycles. The number of amides is 2. The number of carbonyl (C=O) groups excluding carboxylic acids is 2. The number of carbonyl (C=O) groups is 2. The summed E-state index contributed by atoms with van der Waals surface area (Å²) >= 11 is 6.09. The van der Waals surface area contributed by atoms with Gasteiger partial charge in [-0.2, -0.15) is 4.31 Å². The predicted molar refractivity (Wildman–Crippen MR) is 143 cm³/mol. The van der Waals surface area contributed by atoms with E-state index in [1.807, 2.05) is 54.6 Å². The van der Waals surface area contributed by atoms with Gasteiger partial charge in [0.25, 0.3) is 5.91 Å². The highest BCUT2D eigenvalue weighted by molar-refractivity contribution is 7.88. The van der Waals surface area contributed by atoms with Crippen LogP contribution in [0.2, 0.25) is 5.02 Å². The van der Waals surface area contributed by atoms with Gasteiger partial charge in [0.05, 0.1) is 17.4 Å². The number of rotatable bonds is 4. The van der Waals surface area contributed by atoms with Crippen LogP contribution >= 0.6 is 11.6 Å². The minimum absolute atomic E-state index is 0.0139. The van der Waals surface area contributed by atoms with E-state index < -0.39 is 15.4 Å². The lowest BCUT2D eigenvalue weighted by atomic mass is 9.92. The summed E-state index contributed by atoms with van der Waals surface area (Å²) in [4.78, 5) is 30.8. The number of nitrogens with zero attached hydrogens (tertiary/aromatic N) is 3. The van der Waals surface area contributed by atoms with Crippen molar-refractivity contribution in [2.45, 2.75) is 17.8 Å². The second-order valence-electron chi connectivity index (χ2n) is 9.94. The molecule has 2 fully saturated rings. The number of fused-ring (bicyclic) bond motifs is 2. The van der Waals surface area contributed by atoms with E-state index in [0.29, 0.717) is 29.4 Å². The van der Waals surface area contributed by atoms with Crippen LogP contribution in [-0.4, -0.2) is 61.9 Å². The number of hydrogen-bond donors (Lipinski definition) is 0. The molecule has 1 spiro atoms. The van der Waals surface area contributed by atoms with E-state index in [1.54, 1.807) is 28.0 Å². The second-order valence-corrected chi connectivity index (χ2v) is 12.4. The van der Waals surface area contributed by atoms with E-state index in [1.165, 1.54) is 10.6 Å². The molecular weight excluding hydrogens is 510 g/mol. The van der Waals surface area contributed by atoms with Gasteiger partial charge in [-0.3, -0.25) is 14.5 Å². The summed E-state index contributed by atoms with van der Waals surface area (Å²) < 4.78 is 25.0. The Bertz CT molecular complexity index is 1520. The molecule has 0 aromatic heterocycles. The number of halogens is 1. The minimum atomic E-state index is -3.28. The summed E-state index contributed by atoms with van der Waals surface area (Å²) in [7, 11) is -3.28. The van der Waals surface area contributed by atoms with E-state index in [0.717, 1.165) is 23.2 Å². The van der Waals surface area contributed by atoms with Gasteiger partial charge >= 0.3 is 0 Å². The fourth-order valence-corrected chi connectivity index (χ4v) is 6.76. The highest BCUT2D eigenvalue weighted by Gasteiger charge is 2.67. The third kappa shape index (κ3) is 3.95. The predicted octanol–water partition coefficient (Wildman–Crippen LogP) is 4.16. The molecule has 3 aromatic rings. The van der Waals surface area contributed by atoms with Crippen LogP contribution in [0.5, 0.6) is 0 Å². The first kappa shape index (κ1) is 24.2. The topological polar surface area (TPSA) is 78.0 Å². The zero-order valence-electron chi connectivity index (χ0n) is 20.3. The Hall–Kier alpha value is -3.20. The lowest BCUT2D eigenvalue weighted by molar-refractivity contribution is -0.119. The van der Waals surface area contributed by atoms with Gasteiger partial charge in [-0.15, -0.1) is 0 Å². The molecule has 1 saturated heterocycles. The van der Waals surface area contributed by atoms with Gasteiger partial charge < -0.3 is 4.90 Å². The SMILES string of the molecule is CS(=O)(=O)N1CCN(C(=O)c2cccc(N3C(=O)[C@@]4(C[C@H]4c4ccc(Cl)cc4)c4ccccc43)c2)CC1. The molecule has 0 radical (unpaired) electrons. The van der Waals surface area contributed by atoms with Crippen molar-refractivity contribution in [1.82, 2.24) is 9.21 Å². The summed E-state index contributed by atoms with van der Waals surface area (Å²) in [6, 6.07) is 22.7. The zero-order chi connectivity index (χ0) is 25.9. The molecule has 2 atom stereocenters. The van der Waals surface area contributed by atoms with Gasteiger partial charge in [0.1, 0.15) is 0 Å². The van der Waals surface area contributed by atoms with Gasteiger partial charge in [0.15, 0.2) is 0 Å². The first-order valence-electron chi connectivity index (χ1n) is 12.2. The van der Waals surface area contributed by atoms with E-state index in [9.17, 15) is 18.0 Å². The standard InChI is InChI=1S/C28H26ClN3O4S/c1-37(35,36)31-15-13-30(14-16-31)26(33)20-5-4-6-22(17-20)32-25-8-3-2-7-23(25)28(27(32)34)18-24(28)19-9-11-21(29)12-10-19/h2-12,17,24H,13-16,18H2,1H3/t24-,28-/m0/s1. The Morgan fingerprint density at radius 3 is 2.35 bits per heavy atom. The van der Waals surface area contributed by atoms with Gasteiger partial charge in [-0.05, 0) is 53.9 Å². The molecule has 0 N–H and O–H groups in total. The summed E-state index contributed by atoms with van der Waals surface area (Å²) in [5.41, 5.74) is 3.45. The van der Waals surface area contributed by atoms with E-state index in [4.69, 9.17) is 11.6 Å². The third-order valence-electron chi connectivity index (χ3n) is 7.79. The molecule has 190 valence electrons. The summed E-state index contributed by atoms with van der Waals surface area (Å²) in [6.07, 6.45) is 1.91. The summed E-state index contributed by atoms with van der Waals surface area (Å²) in [5, 5.41) is 0.664. The Kier molecular flexibility index (Phi) is 5.67. The number of sulfonamides is 1. The maximum Gasteiger partial charge on any atom is 0.254 e. The highest BCUT2D eigenvalue weighted by Crippen LogP contribution is 2.67. The fraction of sp³-hybridized carbons (Fsp3) is 0.286. The Morgan fingerprint density at radius 1 is 0.946 bits per heavy atom. The fourth-order valence-electron chi connectivity index (χ4n) is 5.80. The molecule has 3 aromatic carbocycles. The summed E-state index contributed by atoms with van der Waals surface area (Å²) in [6.45, 7) is 1.20. The first-order valence-corrected chi connectivity index (χ1v) is 14.5. The van der Waals surface area contributed by atoms with Crippen LogP contribution in [-0.2, 0) is 20.2 Å². The molecule has 2 aliphatic heterocycles. The monoisotopic (exact) mass is 535 g/mol.